The highest BCUT2D eigenvalue weighted by atomic mass is 32.2. The van der Waals surface area contributed by atoms with Crippen molar-refractivity contribution < 1.29 is 12.6 Å². The SMILES string of the molecule is CCS(=O)(=O)c1ccccc1NCc1ccc([S@@](C)=O)cc1. The molecule has 0 aromatic heterocycles. The molecule has 6 heteroatoms. The van der Waals surface area contributed by atoms with Gasteiger partial charge in [0.05, 0.1) is 16.3 Å². The predicted octanol–water partition coefficient (Wildman–Crippen LogP) is 2.83. The second-order valence-electron chi connectivity index (χ2n) is 4.85. The maximum Gasteiger partial charge on any atom is 0.180 e. The fraction of sp³-hybridized carbons (Fsp3) is 0.250. The molecule has 0 radical (unpaired) electrons. The number of benzene rings is 2. The van der Waals surface area contributed by atoms with E-state index in [9.17, 15) is 12.6 Å². The molecule has 0 aliphatic rings. The van der Waals surface area contributed by atoms with E-state index in [0.29, 0.717) is 17.1 Å². The van der Waals surface area contributed by atoms with Crippen LogP contribution >= 0.6 is 0 Å². The van der Waals surface area contributed by atoms with Gasteiger partial charge >= 0.3 is 0 Å². The van der Waals surface area contributed by atoms with Crippen molar-refractivity contribution in [3.05, 3.63) is 54.1 Å². The maximum atomic E-state index is 12.1. The van der Waals surface area contributed by atoms with Crippen LogP contribution in [0.2, 0.25) is 0 Å². The van der Waals surface area contributed by atoms with Gasteiger partial charge in [-0.05, 0) is 29.8 Å². The first-order valence-corrected chi connectivity index (χ1v) is 10.1. The van der Waals surface area contributed by atoms with E-state index in [1.54, 1.807) is 37.4 Å². The molecule has 0 heterocycles. The Labute approximate surface area is 133 Å². The van der Waals surface area contributed by atoms with E-state index in [0.717, 1.165) is 10.5 Å². The summed E-state index contributed by atoms with van der Waals surface area (Å²) in [7, 11) is -4.25. The molecule has 2 aromatic rings. The van der Waals surface area contributed by atoms with Gasteiger partial charge in [-0.25, -0.2) is 8.42 Å². The largest absolute Gasteiger partial charge is 0.380 e. The van der Waals surface area contributed by atoms with Crippen LogP contribution in [0.3, 0.4) is 0 Å². The van der Waals surface area contributed by atoms with Crippen molar-refractivity contribution in [2.75, 3.05) is 17.3 Å². The number of para-hydroxylation sites is 1. The smallest absolute Gasteiger partial charge is 0.180 e. The molecule has 1 N–H and O–H groups in total. The third-order valence-corrected chi connectivity index (χ3v) is 6.06. The van der Waals surface area contributed by atoms with E-state index >= 15 is 0 Å². The number of nitrogens with one attached hydrogen (secondary N) is 1. The van der Waals surface area contributed by atoms with Crippen molar-refractivity contribution in [2.24, 2.45) is 0 Å². The minimum Gasteiger partial charge on any atom is -0.380 e. The average molecular weight is 337 g/mol. The lowest BCUT2D eigenvalue weighted by Gasteiger charge is -2.12. The van der Waals surface area contributed by atoms with Crippen molar-refractivity contribution in [2.45, 2.75) is 23.3 Å². The van der Waals surface area contributed by atoms with Gasteiger partial charge in [0.2, 0.25) is 0 Å². The molecule has 0 unspecified atom stereocenters. The van der Waals surface area contributed by atoms with Crippen LogP contribution in [0.4, 0.5) is 5.69 Å². The Morgan fingerprint density at radius 1 is 1.05 bits per heavy atom. The second-order valence-corrected chi connectivity index (χ2v) is 8.48. The van der Waals surface area contributed by atoms with Gasteiger partial charge in [-0.3, -0.25) is 4.21 Å². The lowest BCUT2D eigenvalue weighted by Crippen LogP contribution is -2.09. The molecule has 0 bridgehead atoms. The summed E-state index contributed by atoms with van der Waals surface area (Å²) < 4.78 is 35.5. The molecule has 0 fully saturated rings. The van der Waals surface area contributed by atoms with Crippen molar-refractivity contribution in [1.29, 1.82) is 0 Å². The van der Waals surface area contributed by atoms with E-state index < -0.39 is 20.6 Å². The Morgan fingerprint density at radius 3 is 2.27 bits per heavy atom. The van der Waals surface area contributed by atoms with E-state index in [1.807, 2.05) is 24.3 Å². The molecule has 2 rings (SSSR count). The summed E-state index contributed by atoms with van der Waals surface area (Å²) in [6, 6.07) is 14.3. The molecular formula is C16H19NO3S2. The number of hydrogen-bond acceptors (Lipinski definition) is 4. The lowest BCUT2D eigenvalue weighted by molar-refractivity contribution is 0.597. The Kier molecular flexibility index (Phi) is 5.37. The first-order valence-electron chi connectivity index (χ1n) is 6.92. The fourth-order valence-electron chi connectivity index (χ4n) is 2.04. The zero-order valence-corrected chi connectivity index (χ0v) is 14.2. The summed E-state index contributed by atoms with van der Waals surface area (Å²) in [5.74, 6) is 0.0721. The zero-order valence-electron chi connectivity index (χ0n) is 12.6. The van der Waals surface area contributed by atoms with Crippen molar-refractivity contribution >= 4 is 26.3 Å². The molecule has 118 valence electrons. The lowest BCUT2D eigenvalue weighted by atomic mass is 10.2. The van der Waals surface area contributed by atoms with Crippen LogP contribution in [0.5, 0.6) is 0 Å². The van der Waals surface area contributed by atoms with E-state index in [-0.39, 0.29) is 5.75 Å². The van der Waals surface area contributed by atoms with Crippen LogP contribution in [0.25, 0.3) is 0 Å². The fourth-order valence-corrected chi connectivity index (χ4v) is 3.63. The molecule has 0 aliphatic heterocycles. The predicted molar refractivity (Wildman–Crippen MR) is 90.3 cm³/mol. The van der Waals surface area contributed by atoms with Gasteiger partial charge in [-0.1, -0.05) is 31.2 Å². The van der Waals surface area contributed by atoms with Crippen LogP contribution in [-0.4, -0.2) is 24.6 Å². The van der Waals surface area contributed by atoms with Gasteiger partial charge < -0.3 is 5.32 Å². The third-order valence-electron chi connectivity index (χ3n) is 3.34. The monoisotopic (exact) mass is 337 g/mol. The Hall–Kier alpha value is -1.66. The van der Waals surface area contributed by atoms with Crippen LogP contribution in [0.15, 0.2) is 58.3 Å². The summed E-state index contributed by atoms with van der Waals surface area (Å²) in [5, 5.41) is 3.16. The third kappa shape index (κ3) is 3.96. The van der Waals surface area contributed by atoms with Gasteiger partial charge in [0.1, 0.15) is 0 Å². The minimum atomic E-state index is -3.25. The Morgan fingerprint density at radius 2 is 1.68 bits per heavy atom. The summed E-state index contributed by atoms with van der Waals surface area (Å²) in [6.07, 6.45) is 1.64. The van der Waals surface area contributed by atoms with Crippen molar-refractivity contribution in [1.82, 2.24) is 0 Å². The summed E-state index contributed by atoms with van der Waals surface area (Å²) in [6.45, 7) is 2.14. The van der Waals surface area contributed by atoms with Crippen LogP contribution in [0, 0.1) is 0 Å². The van der Waals surface area contributed by atoms with Crippen molar-refractivity contribution in [3.63, 3.8) is 0 Å². The van der Waals surface area contributed by atoms with Crippen molar-refractivity contribution in [3.8, 4) is 0 Å². The highest BCUT2D eigenvalue weighted by Gasteiger charge is 2.15. The molecule has 1 atom stereocenters. The quantitative estimate of drug-likeness (QED) is 0.880. The molecule has 0 amide bonds. The molecule has 22 heavy (non-hydrogen) atoms. The molecule has 0 aliphatic carbocycles. The van der Waals surface area contributed by atoms with Crippen LogP contribution < -0.4 is 5.32 Å². The first-order chi connectivity index (χ1) is 10.4. The van der Waals surface area contributed by atoms with E-state index in [1.165, 1.54) is 0 Å². The molecule has 4 nitrogen and oxygen atoms in total. The number of sulfone groups is 1. The summed E-state index contributed by atoms with van der Waals surface area (Å²) in [5.41, 5.74) is 1.60. The highest BCUT2D eigenvalue weighted by Crippen LogP contribution is 2.22. The van der Waals surface area contributed by atoms with Gasteiger partial charge in [0, 0.05) is 28.5 Å². The van der Waals surface area contributed by atoms with E-state index in [4.69, 9.17) is 0 Å². The van der Waals surface area contributed by atoms with Crippen LogP contribution in [-0.2, 0) is 27.2 Å². The molecule has 0 spiro atoms. The summed E-state index contributed by atoms with van der Waals surface area (Å²) in [4.78, 5) is 1.10. The topological polar surface area (TPSA) is 63.2 Å². The maximum absolute atomic E-state index is 12.1. The Bertz CT molecular complexity index is 768. The van der Waals surface area contributed by atoms with Crippen LogP contribution in [0.1, 0.15) is 12.5 Å². The second kappa shape index (κ2) is 7.07. The van der Waals surface area contributed by atoms with Gasteiger partial charge in [-0.15, -0.1) is 0 Å². The number of rotatable bonds is 6. The molecular weight excluding hydrogens is 318 g/mol. The van der Waals surface area contributed by atoms with Gasteiger partial charge in [-0.2, -0.15) is 0 Å². The summed E-state index contributed by atoms with van der Waals surface area (Å²) >= 11 is 0. The standard InChI is InChI=1S/C16H19NO3S2/c1-3-22(19,20)16-7-5-4-6-15(16)17-12-13-8-10-14(11-9-13)21(2)18/h4-11,17H,3,12H2,1-2H3/t21-/m1/s1. The Balaban J connectivity index is 2.17. The van der Waals surface area contributed by atoms with Gasteiger partial charge in [0.15, 0.2) is 9.84 Å². The van der Waals surface area contributed by atoms with E-state index in [2.05, 4.69) is 5.32 Å². The molecule has 2 aromatic carbocycles. The number of hydrogen-bond donors (Lipinski definition) is 1. The highest BCUT2D eigenvalue weighted by molar-refractivity contribution is 7.91. The average Bonchev–Trinajstić information content (AvgIpc) is 2.53. The first kappa shape index (κ1) is 16.7. The zero-order chi connectivity index (χ0) is 16.2. The minimum absolute atomic E-state index is 0.0721. The molecule has 0 saturated heterocycles. The number of anilines is 1. The normalized spacial score (nSPS) is 12.8. The molecule has 0 saturated carbocycles. The van der Waals surface area contributed by atoms with Gasteiger partial charge in [0.25, 0.3) is 0 Å².